The van der Waals surface area contributed by atoms with E-state index < -0.39 is 0 Å². The lowest BCUT2D eigenvalue weighted by molar-refractivity contribution is 0.146. The first kappa shape index (κ1) is 23.5. The van der Waals surface area contributed by atoms with Crippen LogP contribution in [0.2, 0.25) is 0 Å². The molecule has 4 rings (SSSR count). The van der Waals surface area contributed by atoms with E-state index >= 15 is 0 Å². The van der Waals surface area contributed by atoms with Gasteiger partial charge in [0.1, 0.15) is 29.7 Å². The van der Waals surface area contributed by atoms with E-state index in [0.29, 0.717) is 36.6 Å². The Kier molecular flexibility index (Phi) is 7.91. The van der Waals surface area contributed by atoms with Crippen LogP contribution < -0.4 is 15.4 Å². The van der Waals surface area contributed by atoms with E-state index in [2.05, 4.69) is 49.5 Å². The number of likely N-dealkylation sites (tertiary alicyclic amines) is 1. The number of hydrogen-bond acceptors (Lipinski definition) is 8. The number of hydrogen-bond donors (Lipinski definition) is 2. The quantitative estimate of drug-likeness (QED) is 0.370. The molecular formula is C26H30N6O2. The summed E-state index contributed by atoms with van der Waals surface area (Å²) >= 11 is 0. The van der Waals surface area contributed by atoms with Crippen LogP contribution in [0.5, 0.6) is 5.75 Å². The first-order chi connectivity index (χ1) is 16.6. The number of benzene rings is 1. The van der Waals surface area contributed by atoms with E-state index in [1.165, 1.54) is 0 Å². The molecule has 0 atom stereocenters. The molecule has 0 radical (unpaired) electrons. The number of methoxy groups -OCH3 is 1. The van der Waals surface area contributed by atoms with E-state index in [0.717, 1.165) is 48.5 Å². The van der Waals surface area contributed by atoms with Crippen molar-refractivity contribution in [3.63, 3.8) is 0 Å². The molecule has 8 nitrogen and oxygen atoms in total. The lowest BCUT2D eigenvalue weighted by Crippen LogP contribution is -2.36. The molecule has 0 saturated carbocycles. The largest absolute Gasteiger partial charge is 0.491 e. The fraction of sp³-hybridized carbons (Fsp3) is 0.346. The Morgan fingerprint density at radius 3 is 2.62 bits per heavy atom. The summed E-state index contributed by atoms with van der Waals surface area (Å²) in [5.74, 6) is 4.53. The number of nitrogens with one attached hydrogen (secondary N) is 2. The highest BCUT2D eigenvalue weighted by molar-refractivity contribution is 5.80. The van der Waals surface area contributed by atoms with E-state index in [1.807, 2.05) is 30.5 Å². The minimum absolute atomic E-state index is 0.390. The highest BCUT2D eigenvalue weighted by atomic mass is 16.5. The lowest BCUT2D eigenvalue weighted by atomic mass is 10.0. The van der Waals surface area contributed by atoms with Gasteiger partial charge in [-0.25, -0.2) is 15.0 Å². The minimum atomic E-state index is 0.390. The van der Waals surface area contributed by atoms with Gasteiger partial charge in [0, 0.05) is 36.7 Å². The third kappa shape index (κ3) is 6.22. The Morgan fingerprint density at radius 2 is 1.88 bits per heavy atom. The van der Waals surface area contributed by atoms with E-state index in [4.69, 9.17) is 15.9 Å². The Labute approximate surface area is 200 Å². The average molecular weight is 459 g/mol. The minimum Gasteiger partial charge on any atom is -0.491 e. The summed E-state index contributed by atoms with van der Waals surface area (Å²) < 4.78 is 10.9. The Bertz CT molecular complexity index is 1120. The second kappa shape index (κ2) is 11.5. The van der Waals surface area contributed by atoms with Gasteiger partial charge in [-0.1, -0.05) is 12.1 Å². The number of aromatic nitrogens is 3. The second-order valence-corrected chi connectivity index (χ2v) is 8.26. The number of pyridine rings is 1. The van der Waals surface area contributed by atoms with Crippen molar-refractivity contribution in [3.05, 3.63) is 54.6 Å². The predicted molar refractivity (Wildman–Crippen MR) is 134 cm³/mol. The van der Waals surface area contributed by atoms with Gasteiger partial charge in [0.2, 0.25) is 0 Å². The SMILES string of the molecule is C#Cc1cnc(Nc2cc(NC3CCN(C)CC3)c(-c3cccc(OCCOC)c3)cn2)cn1. The molecule has 1 aromatic carbocycles. The van der Waals surface area contributed by atoms with Crippen molar-refractivity contribution < 1.29 is 9.47 Å². The molecule has 3 aromatic rings. The first-order valence-corrected chi connectivity index (χ1v) is 11.4. The van der Waals surface area contributed by atoms with Crippen LogP contribution in [0.1, 0.15) is 18.5 Å². The number of anilines is 3. The summed E-state index contributed by atoms with van der Waals surface area (Å²) in [5, 5.41) is 6.98. The fourth-order valence-corrected chi connectivity index (χ4v) is 3.84. The van der Waals surface area contributed by atoms with Crippen LogP contribution in [0.15, 0.2) is 48.9 Å². The van der Waals surface area contributed by atoms with Gasteiger partial charge in [-0.15, -0.1) is 6.42 Å². The molecule has 2 N–H and O–H groups in total. The van der Waals surface area contributed by atoms with Gasteiger partial charge in [-0.3, -0.25) is 0 Å². The van der Waals surface area contributed by atoms with Gasteiger partial charge in [0.15, 0.2) is 0 Å². The number of rotatable bonds is 9. The molecule has 0 aliphatic carbocycles. The number of terminal acetylenes is 1. The van der Waals surface area contributed by atoms with Crippen LogP contribution in [0, 0.1) is 12.3 Å². The zero-order chi connectivity index (χ0) is 23.8. The maximum Gasteiger partial charge on any atom is 0.150 e. The summed E-state index contributed by atoms with van der Waals surface area (Å²) in [7, 11) is 3.83. The summed E-state index contributed by atoms with van der Waals surface area (Å²) in [5.41, 5.74) is 3.54. The Hall–Kier alpha value is -3.67. The van der Waals surface area contributed by atoms with Crippen molar-refractivity contribution in [3.8, 4) is 29.2 Å². The van der Waals surface area contributed by atoms with E-state index in [9.17, 15) is 0 Å². The van der Waals surface area contributed by atoms with E-state index in [-0.39, 0.29) is 0 Å². The van der Waals surface area contributed by atoms with Crippen LogP contribution in [0.25, 0.3) is 11.1 Å². The zero-order valence-electron chi connectivity index (χ0n) is 19.6. The average Bonchev–Trinajstić information content (AvgIpc) is 2.86. The topological polar surface area (TPSA) is 84.4 Å². The molecule has 1 aliphatic rings. The molecule has 0 spiro atoms. The molecule has 1 fully saturated rings. The molecule has 0 bridgehead atoms. The van der Waals surface area contributed by atoms with Crippen molar-refractivity contribution in [2.45, 2.75) is 18.9 Å². The number of nitrogens with zero attached hydrogens (tertiary/aromatic N) is 4. The fourth-order valence-electron chi connectivity index (χ4n) is 3.84. The second-order valence-electron chi connectivity index (χ2n) is 8.26. The molecule has 8 heteroatoms. The van der Waals surface area contributed by atoms with Gasteiger partial charge in [-0.2, -0.15) is 0 Å². The number of piperidine rings is 1. The van der Waals surface area contributed by atoms with Crippen LogP contribution in [0.4, 0.5) is 17.3 Å². The van der Waals surface area contributed by atoms with Crippen LogP contribution in [-0.4, -0.2) is 66.4 Å². The number of ether oxygens (including phenoxy) is 2. The van der Waals surface area contributed by atoms with Crippen molar-refractivity contribution in [2.24, 2.45) is 0 Å². The molecule has 1 saturated heterocycles. The molecule has 0 unspecified atom stereocenters. The van der Waals surface area contributed by atoms with Crippen molar-refractivity contribution in [1.82, 2.24) is 19.9 Å². The normalized spacial score (nSPS) is 14.4. The van der Waals surface area contributed by atoms with Gasteiger partial charge in [0.25, 0.3) is 0 Å². The van der Waals surface area contributed by atoms with Gasteiger partial charge in [-0.05, 0) is 56.6 Å². The third-order valence-electron chi connectivity index (χ3n) is 5.74. The maximum atomic E-state index is 5.82. The smallest absolute Gasteiger partial charge is 0.150 e. The summed E-state index contributed by atoms with van der Waals surface area (Å²) in [6.45, 7) is 3.19. The van der Waals surface area contributed by atoms with Gasteiger partial charge < -0.3 is 25.0 Å². The van der Waals surface area contributed by atoms with Crippen LogP contribution in [-0.2, 0) is 4.74 Å². The standard InChI is InChI=1S/C26H30N6O2/c1-4-20-16-28-26(18-27-20)31-25-15-24(30-21-8-10-32(2)11-9-21)23(17-29-25)19-6-5-7-22(14-19)34-13-12-33-3/h1,5-7,14-18,21H,8-13H2,2-3H3,(H2,28,29,30,31). The highest BCUT2D eigenvalue weighted by Crippen LogP contribution is 2.33. The van der Waals surface area contributed by atoms with Gasteiger partial charge in [0.05, 0.1) is 19.0 Å². The monoisotopic (exact) mass is 458 g/mol. The molecule has 34 heavy (non-hydrogen) atoms. The summed E-state index contributed by atoms with van der Waals surface area (Å²) in [6, 6.07) is 10.4. The van der Waals surface area contributed by atoms with Gasteiger partial charge >= 0.3 is 0 Å². The maximum absolute atomic E-state index is 5.82. The van der Waals surface area contributed by atoms with Crippen molar-refractivity contribution in [1.29, 1.82) is 0 Å². The van der Waals surface area contributed by atoms with Crippen LogP contribution >= 0.6 is 0 Å². The van der Waals surface area contributed by atoms with E-state index in [1.54, 1.807) is 19.5 Å². The van der Waals surface area contributed by atoms with Crippen molar-refractivity contribution in [2.75, 3.05) is 51.1 Å². The Balaban J connectivity index is 1.60. The predicted octanol–water partition coefficient (Wildman–Crippen LogP) is 3.79. The highest BCUT2D eigenvalue weighted by Gasteiger charge is 2.19. The Morgan fingerprint density at radius 1 is 1.06 bits per heavy atom. The third-order valence-corrected chi connectivity index (χ3v) is 5.74. The summed E-state index contributed by atoms with van der Waals surface area (Å²) in [6.07, 6.45) is 12.6. The zero-order valence-corrected chi connectivity index (χ0v) is 19.6. The first-order valence-electron chi connectivity index (χ1n) is 11.4. The van der Waals surface area contributed by atoms with Crippen LogP contribution in [0.3, 0.4) is 0 Å². The molecule has 176 valence electrons. The molecular weight excluding hydrogens is 428 g/mol. The molecule has 0 amide bonds. The van der Waals surface area contributed by atoms with Crippen molar-refractivity contribution >= 4 is 17.3 Å². The molecule has 3 heterocycles. The lowest BCUT2D eigenvalue weighted by Gasteiger charge is -2.31. The molecule has 2 aromatic heterocycles. The molecule has 1 aliphatic heterocycles. The summed E-state index contributed by atoms with van der Waals surface area (Å²) in [4.78, 5) is 15.5.